The average molecular weight is 316 g/mol. The van der Waals surface area contributed by atoms with Crippen molar-refractivity contribution in [3.63, 3.8) is 0 Å². The van der Waals surface area contributed by atoms with Gasteiger partial charge in [0.2, 0.25) is 0 Å². The molecule has 0 N–H and O–H groups in total. The summed E-state index contributed by atoms with van der Waals surface area (Å²) in [5.74, 6) is 0.787. The largest absolute Gasteiger partial charge is 0.494 e. The number of methoxy groups -OCH3 is 1. The van der Waals surface area contributed by atoms with E-state index in [1.807, 2.05) is 12.1 Å². The van der Waals surface area contributed by atoms with Gasteiger partial charge in [-0.3, -0.25) is 4.90 Å². The minimum Gasteiger partial charge on any atom is -0.494 e. The van der Waals surface area contributed by atoms with Gasteiger partial charge in [-0.05, 0) is 24.9 Å². The van der Waals surface area contributed by atoms with Crippen molar-refractivity contribution >= 4 is 15.9 Å². The molecule has 2 nitrogen and oxygen atoms in total. The lowest BCUT2D eigenvalue weighted by Crippen LogP contribution is -2.39. The van der Waals surface area contributed by atoms with Crippen LogP contribution < -0.4 is 4.74 Å². The molecule has 0 radical (unpaired) electrons. The second-order valence-electron chi connectivity index (χ2n) is 4.95. The first-order valence-electron chi connectivity index (χ1n) is 6.29. The molecule has 1 saturated heterocycles. The summed E-state index contributed by atoms with van der Waals surface area (Å²) in [5.41, 5.74) is 0.712. The van der Waals surface area contributed by atoms with E-state index in [-0.39, 0.29) is 5.82 Å². The first-order chi connectivity index (χ1) is 8.61. The topological polar surface area (TPSA) is 12.5 Å². The number of ether oxygens (including phenoxy) is 1. The van der Waals surface area contributed by atoms with Gasteiger partial charge in [-0.1, -0.05) is 35.0 Å². The number of halogens is 2. The van der Waals surface area contributed by atoms with Gasteiger partial charge in [-0.15, -0.1) is 0 Å². The summed E-state index contributed by atoms with van der Waals surface area (Å²) in [5, 5.41) is 0. The maximum absolute atomic E-state index is 14.0. The van der Waals surface area contributed by atoms with Crippen LogP contribution in [-0.2, 0) is 6.54 Å². The van der Waals surface area contributed by atoms with Crippen molar-refractivity contribution in [2.75, 3.05) is 20.2 Å². The van der Waals surface area contributed by atoms with Crippen molar-refractivity contribution in [2.24, 2.45) is 5.92 Å². The Morgan fingerprint density at radius 1 is 1.50 bits per heavy atom. The predicted octanol–water partition coefficient (Wildman–Crippen LogP) is 3.44. The molecule has 4 heteroatoms. The summed E-state index contributed by atoms with van der Waals surface area (Å²) in [4.78, 5) is 2.79. The fraction of sp³-hybridized carbons (Fsp3) is 0.571. The van der Waals surface area contributed by atoms with E-state index in [9.17, 15) is 4.39 Å². The van der Waals surface area contributed by atoms with Gasteiger partial charge >= 0.3 is 0 Å². The zero-order valence-electron chi connectivity index (χ0n) is 10.8. The summed E-state index contributed by atoms with van der Waals surface area (Å²) >= 11 is 3.69. The Labute approximate surface area is 116 Å². The van der Waals surface area contributed by atoms with Crippen LogP contribution in [0.15, 0.2) is 18.2 Å². The highest BCUT2D eigenvalue weighted by molar-refractivity contribution is 9.09. The molecule has 1 fully saturated rings. The molecule has 2 rings (SSSR count). The van der Waals surface area contributed by atoms with Crippen LogP contribution in [0, 0.1) is 11.7 Å². The monoisotopic (exact) mass is 315 g/mol. The van der Waals surface area contributed by atoms with E-state index in [4.69, 9.17) is 4.74 Å². The number of rotatable bonds is 3. The first-order valence-corrected chi connectivity index (χ1v) is 7.21. The predicted molar refractivity (Wildman–Crippen MR) is 74.7 cm³/mol. The Balaban J connectivity index is 2.06. The van der Waals surface area contributed by atoms with E-state index in [1.54, 1.807) is 6.07 Å². The van der Waals surface area contributed by atoms with Gasteiger partial charge in [-0.2, -0.15) is 0 Å². The molecular formula is C14H19BrFNO. The van der Waals surface area contributed by atoms with Crippen LogP contribution in [0.5, 0.6) is 5.75 Å². The van der Waals surface area contributed by atoms with Crippen LogP contribution in [0.2, 0.25) is 0 Å². The maximum Gasteiger partial charge on any atom is 0.169 e. The van der Waals surface area contributed by atoms with Crippen LogP contribution in [0.1, 0.15) is 18.9 Å². The van der Waals surface area contributed by atoms with E-state index >= 15 is 0 Å². The Morgan fingerprint density at radius 3 is 2.94 bits per heavy atom. The molecule has 0 aliphatic carbocycles. The van der Waals surface area contributed by atoms with Gasteiger partial charge in [0, 0.05) is 23.5 Å². The van der Waals surface area contributed by atoms with E-state index in [2.05, 4.69) is 27.8 Å². The molecule has 0 aromatic heterocycles. The second-order valence-corrected chi connectivity index (χ2v) is 6.13. The summed E-state index contributed by atoms with van der Waals surface area (Å²) in [7, 11) is 1.50. The number of likely N-dealkylation sites (tertiary alicyclic amines) is 1. The SMILES string of the molecule is COc1cccc(CN2CCC(C)C(Br)C2)c1F. The van der Waals surface area contributed by atoms with E-state index in [0.717, 1.165) is 19.5 Å². The highest BCUT2D eigenvalue weighted by Gasteiger charge is 2.24. The van der Waals surface area contributed by atoms with Crippen LogP contribution in [0.25, 0.3) is 0 Å². The molecule has 1 aliphatic heterocycles. The molecule has 0 bridgehead atoms. The summed E-state index contributed by atoms with van der Waals surface area (Å²) in [6, 6.07) is 5.33. The molecule has 2 unspecified atom stereocenters. The van der Waals surface area contributed by atoms with Crippen molar-refractivity contribution in [1.29, 1.82) is 0 Å². The third-order valence-corrected chi connectivity index (χ3v) is 4.80. The lowest BCUT2D eigenvalue weighted by Gasteiger charge is -2.34. The van der Waals surface area contributed by atoms with Gasteiger partial charge < -0.3 is 4.74 Å². The highest BCUT2D eigenvalue weighted by Crippen LogP contribution is 2.26. The molecule has 100 valence electrons. The van der Waals surface area contributed by atoms with E-state index in [0.29, 0.717) is 28.6 Å². The number of alkyl halides is 1. The lowest BCUT2D eigenvalue weighted by atomic mass is 9.98. The molecule has 1 aromatic carbocycles. The van der Waals surface area contributed by atoms with Crippen molar-refractivity contribution in [2.45, 2.75) is 24.7 Å². The number of hydrogen-bond acceptors (Lipinski definition) is 2. The molecule has 18 heavy (non-hydrogen) atoms. The Morgan fingerprint density at radius 2 is 2.28 bits per heavy atom. The molecule has 1 aliphatic rings. The third-order valence-electron chi connectivity index (χ3n) is 3.61. The van der Waals surface area contributed by atoms with Gasteiger partial charge in [0.05, 0.1) is 7.11 Å². The summed E-state index contributed by atoms with van der Waals surface area (Å²) < 4.78 is 19.0. The van der Waals surface area contributed by atoms with Gasteiger partial charge in [0.1, 0.15) is 0 Å². The number of nitrogens with zero attached hydrogens (tertiary/aromatic N) is 1. The minimum absolute atomic E-state index is 0.232. The maximum atomic E-state index is 14.0. The van der Waals surface area contributed by atoms with Crippen LogP contribution in [0.3, 0.4) is 0 Å². The second kappa shape index (κ2) is 6.02. The number of hydrogen-bond donors (Lipinski definition) is 0. The third kappa shape index (κ3) is 3.04. The van der Waals surface area contributed by atoms with Crippen LogP contribution in [-0.4, -0.2) is 29.9 Å². The minimum atomic E-state index is -0.232. The van der Waals surface area contributed by atoms with Gasteiger partial charge in [0.15, 0.2) is 11.6 Å². The zero-order valence-corrected chi connectivity index (χ0v) is 12.4. The molecule has 1 aromatic rings. The molecule has 1 heterocycles. The smallest absolute Gasteiger partial charge is 0.169 e. The quantitative estimate of drug-likeness (QED) is 0.792. The molecule has 0 amide bonds. The normalized spacial score (nSPS) is 25.1. The van der Waals surface area contributed by atoms with Gasteiger partial charge in [-0.25, -0.2) is 4.39 Å². The zero-order chi connectivity index (χ0) is 13.1. The highest BCUT2D eigenvalue weighted by atomic mass is 79.9. The number of piperidine rings is 1. The standard InChI is InChI=1S/C14H19BrFNO/c1-10-6-7-17(9-12(10)15)8-11-4-3-5-13(18-2)14(11)16/h3-5,10,12H,6-9H2,1-2H3. The van der Waals surface area contributed by atoms with E-state index < -0.39 is 0 Å². The lowest BCUT2D eigenvalue weighted by molar-refractivity contribution is 0.191. The van der Waals surface area contributed by atoms with Crippen LogP contribution in [0.4, 0.5) is 4.39 Å². The van der Waals surface area contributed by atoms with E-state index in [1.165, 1.54) is 7.11 Å². The van der Waals surface area contributed by atoms with Crippen LogP contribution >= 0.6 is 15.9 Å². The molecule has 0 saturated carbocycles. The van der Waals surface area contributed by atoms with Gasteiger partial charge in [0.25, 0.3) is 0 Å². The Bertz CT molecular complexity index is 413. The molecule has 2 atom stereocenters. The van der Waals surface area contributed by atoms with Crippen molar-refractivity contribution in [3.05, 3.63) is 29.6 Å². The Hall–Kier alpha value is -0.610. The van der Waals surface area contributed by atoms with Crippen molar-refractivity contribution < 1.29 is 9.13 Å². The fourth-order valence-corrected chi connectivity index (χ4v) is 2.98. The Kier molecular flexibility index (Phi) is 4.62. The summed E-state index contributed by atoms with van der Waals surface area (Å²) in [6.07, 6.45) is 1.15. The molecular weight excluding hydrogens is 297 g/mol. The van der Waals surface area contributed by atoms with Crippen molar-refractivity contribution in [1.82, 2.24) is 4.90 Å². The average Bonchev–Trinajstić information content (AvgIpc) is 2.36. The summed E-state index contributed by atoms with van der Waals surface area (Å²) in [6.45, 7) is 4.90. The first kappa shape index (κ1) is 13.8. The molecule has 0 spiro atoms. The van der Waals surface area contributed by atoms with Crippen molar-refractivity contribution in [3.8, 4) is 5.75 Å². The number of benzene rings is 1. The fourth-order valence-electron chi connectivity index (χ4n) is 2.31.